The zero-order valence-corrected chi connectivity index (χ0v) is 14.1. The molecule has 0 saturated heterocycles. The second kappa shape index (κ2) is 6.64. The second-order valence-corrected chi connectivity index (χ2v) is 9.32. The highest BCUT2D eigenvalue weighted by molar-refractivity contribution is 7.92. The molecule has 1 aromatic heterocycles. The van der Waals surface area contributed by atoms with Crippen LogP contribution in [0.15, 0.2) is 0 Å². The molecule has 6 nitrogen and oxygen atoms in total. The monoisotopic (exact) mass is 326 g/mol. The first kappa shape index (κ1) is 15.9. The summed E-state index contributed by atoms with van der Waals surface area (Å²) in [5.74, 6) is 0.539. The third-order valence-electron chi connectivity index (χ3n) is 5.31. The van der Waals surface area contributed by atoms with Crippen molar-refractivity contribution in [1.29, 1.82) is 0 Å². The van der Waals surface area contributed by atoms with Crippen LogP contribution in [0.1, 0.15) is 88.2 Å². The molecular formula is C15H26N4O2S. The first-order valence-electron chi connectivity index (χ1n) is 8.61. The molecule has 1 aromatic rings. The summed E-state index contributed by atoms with van der Waals surface area (Å²) < 4.78 is 27.6. The average molecular weight is 326 g/mol. The van der Waals surface area contributed by atoms with E-state index < -0.39 is 15.1 Å². The summed E-state index contributed by atoms with van der Waals surface area (Å²) in [7, 11) is -3.21. The van der Waals surface area contributed by atoms with Crippen LogP contribution in [0.25, 0.3) is 0 Å². The SMILES string of the molecule is CC(c1nnnn1C1CCCCC1)S(=O)(=O)C1CCCCC1. The van der Waals surface area contributed by atoms with Crippen molar-refractivity contribution in [2.45, 2.75) is 87.7 Å². The summed E-state index contributed by atoms with van der Waals surface area (Å²) in [6.45, 7) is 1.76. The van der Waals surface area contributed by atoms with Crippen LogP contribution in [-0.4, -0.2) is 33.9 Å². The molecule has 2 aliphatic carbocycles. The highest BCUT2D eigenvalue weighted by atomic mass is 32.2. The largest absolute Gasteiger partial charge is 0.228 e. The van der Waals surface area contributed by atoms with Crippen LogP contribution in [0.5, 0.6) is 0 Å². The van der Waals surface area contributed by atoms with Crippen LogP contribution in [0.2, 0.25) is 0 Å². The Morgan fingerprint density at radius 3 is 2.23 bits per heavy atom. The number of aromatic nitrogens is 4. The number of hydrogen-bond acceptors (Lipinski definition) is 5. The third kappa shape index (κ3) is 3.05. The van der Waals surface area contributed by atoms with Gasteiger partial charge in [-0.05, 0) is 43.0 Å². The molecule has 2 fully saturated rings. The molecule has 1 atom stereocenters. The lowest BCUT2D eigenvalue weighted by molar-refractivity contribution is 0.316. The van der Waals surface area contributed by atoms with Gasteiger partial charge < -0.3 is 0 Å². The third-order valence-corrected chi connectivity index (χ3v) is 7.91. The van der Waals surface area contributed by atoms with Crippen molar-refractivity contribution in [3.63, 3.8) is 0 Å². The minimum atomic E-state index is -3.21. The lowest BCUT2D eigenvalue weighted by atomic mass is 9.95. The van der Waals surface area contributed by atoms with Crippen molar-refractivity contribution in [3.05, 3.63) is 5.82 Å². The van der Waals surface area contributed by atoms with Gasteiger partial charge in [0.2, 0.25) is 0 Å². The maximum atomic E-state index is 12.9. The van der Waals surface area contributed by atoms with Gasteiger partial charge in [0.05, 0.1) is 11.3 Å². The van der Waals surface area contributed by atoms with Gasteiger partial charge in [-0.1, -0.05) is 38.5 Å². The molecule has 0 aliphatic heterocycles. The Hall–Kier alpha value is -0.980. The van der Waals surface area contributed by atoms with Gasteiger partial charge in [-0.15, -0.1) is 5.10 Å². The van der Waals surface area contributed by atoms with E-state index in [0.29, 0.717) is 5.82 Å². The fourth-order valence-electron chi connectivity index (χ4n) is 3.88. The fourth-order valence-corrected chi connectivity index (χ4v) is 5.90. The van der Waals surface area contributed by atoms with E-state index in [1.165, 1.54) is 19.3 Å². The minimum absolute atomic E-state index is 0.215. The quantitative estimate of drug-likeness (QED) is 0.850. The maximum absolute atomic E-state index is 12.9. The van der Waals surface area contributed by atoms with Crippen molar-refractivity contribution in [2.75, 3.05) is 0 Å². The van der Waals surface area contributed by atoms with E-state index in [-0.39, 0.29) is 11.3 Å². The molecule has 0 spiro atoms. The van der Waals surface area contributed by atoms with Crippen molar-refractivity contribution < 1.29 is 8.42 Å². The number of tetrazole rings is 1. The van der Waals surface area contributed by atoms with Crippen molar-refractivity contribution in [3.8, 4) is 0 Å². The van der Waals surface area contributed by atoms with E-state index in [9.17, 15) is 8.42 Å². The predicted octanol–water partition coefficient (Wildman–Crippen LogP) is 2.99. The highest BCUT2D eigenvalue weighted by Gasteiger charge is 2.37. The van der Waals surface area contributed by atoms with E-state index in [4.69, 9.17) is 0 Å². The van der Waals surface area contributed by atoms with Gasteiger partial charge in [-0.25, -0.2) is 13.1 Å². The van der Waals surface area contributed by atoms with Gasteiger partial charge in [0.15, 0.2) is 15.7 Å². The Labute approximate surface area is 132 Å². The van der Waals surface area contributed by atoms with Gasteiger partial charge >= 0.3 is 0 Å². The predicted molar refractivity (Wildman–Crippen MR) is 84.1 cm³/mol. The smallest absolute Gasteiger partial charge is 0.169 e. The van der Waals surface area contributed by atoms with Crippen LogP contribution in [-0.2, 0) is 9.84 Å². The van der Waals surface area contributed by atoms with Crippen LogP contribution in [0.4, 0.5) is 0 Å². The molecule has 124 valence electrons. The van der Waals surface area contributed by atoms with E-state index in [1.807, 2.05) is 0 Å². The fraction of sp³-hybridized carbons (Fsp3) is 0.933. The van der Waals surface area contributed by atoms with E-state index >= 15 is 0 Å². The summed E-state index contributed by atoms with van der Waals surface area (Å²) in [6, 6.07) is 0.266. The standard InChI is InChI=1S/C15H26N4O2S/c1-12(22(20,21)14-10-6-3-7-11-14)15-16-17-18-19(15)13-8-4-2-5-9-13/h12-14H,2-11H2,1H3. The van der Waals surface area contributed by atoms with Crippen molar-refractivity contribution in [1.82, 2.24) is 20.2 Å². The van der Waals surface area contributed by atoms with Gasteiger partial charge in [-0.3, -0.25) is 0 Å². The van der Waals surface area contributed by atoms with Crippen LogP contribution < -0.4 is 0 Å². The van der Waals surface area contributed by atoms with Crippen molar-refractivity contribution in [2.24, 2.45) is 0 Å². The molecule has 1 heterocycles. The summed E-state index contributed by atoms with van der Waals surface area (Å²) in [4.78, 5) is 0. The molecule has 22 heavy (non-hydrogen) atoms. The van der Waals surface area contributed by atoms with Gasteiger partial charge in [0.25, 0.3) is 0 Å². The molecule has 2 aliphatic rings. The lowest BCUT2D eigenvalue weighted by Gasteiger charge is -2.27. The first-order valence-corrected chi connectivity index (χ1v) is 10.2. The topological polar surface area (TPSA) is 77.7 Å². The molecule has 0 N–H and O–H groups in total. The number of sulfone groups is 1. The Kier molecular flexibility index (Phi) is 4.80. The molecule has 3 rings (SSSR count). The summed E-state index contributed by atoms with van der Waals surface area (Å²) in [6.07, 6.45) is 10.5. The Bertz CT molecular complexity index is 586. The van der Waals surface area contributed by atoms with E-state index in [0.717, 1.165) is 44.9 Å². The summed E-state index contributed by atoms with van der Waals surface area (Å²) in [5.41, 5.74) is 0. The molecule has 0 radical (unpaired) electrons. The van der Waals surface area contributed by atoms with Crippen LogP contribution >= 0.6 is 0 Å². The lowest BCUT2D eigenvalue weighted by Crippen LogP contribution is -2.30. The molecule has 0 bridgehead atoms. The zero-order valence-electron chi connectivity index (χ0n) is 13.3. The van der Waals surface area contributed by atoms with E-state index in [1.54, 1.807) is 11.6 Å². The number of hydrogen-bond donors (Lipinski definition) is 0. The average Bonchev–Trinajstić information content (AvgIpc) is 3.05. The van der Waals surface area contributed by atoms with Crippen LogP contribution in [0, 0.1) is 0 Å². The minimum Gasteiger partial charge on any atom is -0.228 e. The maximum Gasteiger partial charge on any atom is 0.169 e. The molecule has 1 unspecified atom stereocenters. The van der Waals surface area contributed by atoms with Gasteiger partial charge in [-0.2, -0.15) is 0 Å². The Morgan fingerprint density at radius 2 is 1.59 bits per heavy atom. The number of nitrogens with zero attached hydrogens (tertiary/aromatic N) is 4. The number of rotatable bonds is 4. The second-order valence-electron chi connectivity index (χ2n) is 6.76. The van der Waals surface area contributed by atoms with E-state index in [2.05, 4.69) is 15.5 Å². The van der Waals surface area contributed by atoms with Crippen molar-refractivity contribution >= 4 is 9.84 Å². The molecule has 7 heteroatoms. The van der Waals surface area contributed by atoms with Gasteiger partial charge in [0.1, 0.15) is 5.25 Å². The summed E-state index contributed by atoms with van der Waals surface area (Å²) >= 11 is 0. The Morgan fingerprint density at radius 1 is 1.00 bits per heavy atom. The molecular weight excluding hydrogens is 300 g/mol. The van der Waals surface area contributed by atoms with Gasteiger partial charge in [0, 0.05) is 0 Å². The normalized spacial score (nSPS) is 23.5. The summed E-state index contributed by atoms with van der Waals surface area (Å²) in [5, 5.41) is 11.1. The zero-order chi connectivity index (χ0) is 15.6. The highest BCUT2D eigenvalue weighted by Crippen LogP contribution is 2.34. The Balaban J connectivity index is 1.82. The molecule has 2 saturated carbocycles. The first-order chi connectivity index (χ1) is 10.6. The molecule has 0 amide bonds. The van der Waals surface area contributed by atoms with Crippen LogP contribution in [0.3, 0.4) is 0 Å². The molecule has 0 aromatic carbocycles.